The number of esters is 1. The second-order valence-electron chi connectivity index (χ2n) is 4.65. The Morgan fingerprint density at radius 2 is 2.52 bits per heavy atom. The van der Waals surface area contributed by atoms with Crippen molar-refractivity contribution in [3.8, 4) is 11.5 Å². The van der Waals surface area contributed by atoms with Crippen LogP contribution in [0.5, 0.6) is 0 Å². The smallest absolute Gasteiger partial charge is 0.336 e. The first-order chi connectivity index (χ1) is 10.3. The van der Waals surface area contributed by atoms with Gasteiger partial charge in [0.05, 0.1) is 25.8 Å². The maximum atomic E-state index is 11.5. The summed E-state index contributed by atoms with van der Waals surface area (Å²) < 4.78 is 15.3. The highest BCUT2D eigenvalue weighted by Crippen LogP contribution is 2.20. The summed E-state index contributed by atoms with van der Waals surface area (Å²) in [7, 11) is 1.36. The van der Waals surface area contributed by atoms with Crippen LogP contribution in [0.4, 0.5) is 0 Å². The van der Waals surface area contributed by atoms with Crippen molar-refractivity contribution in [3.05, 3.63) is 22.7 Å². The normalized spacial score (nSPS) is 19.6. The largest absolute Gasteiger partial charge is 0.467 e. The van der Waals surface area contributed by atoms with Crippen LogP contribution in [0.1, 0.15) is 5.82 Å². The van der Waals surface area contributed by atoms with Gasteiger partial charge in [-0.25, -0.2) is 4.79 Å². The summed E-state index contributed by atoms with van der Waals surface area (Å²) in [6.45, 7) is 2.18. The number of aromatic nitrogens is 2. The molecule has 2 aromatic rings. The number of nitrogens with zero attached hydrogens (tertiary/aromatic N) is 3. The molecule has 0 aliphatic carbocycles. The first-order valence-corrected chi connectivity index (χ1v) is 7.47. The van der Waals surface area contributed by atoms with Crippen LogP contribution in [0.3, 0.4) is 0 Å². The summed E-state index contributed by atoms with van der Waals surface area (Å²) in [6.07, 6.45) is -0.549. The summed E-state index contributed by atoms with van der Waals surface area (Å²) in [5.74, 6) is 0.762. The van der Waals surface area contributed by atoms with Crippen LogP contribution in [0.15, 0.2) is 21.3 Å². The monoisotopic (exact) mass is 309 g/mol. The van der Waals surface area contributed by atoms with Gasteiger partial charge in [0.1, 0.15) is 0 Å². The predicted molar refractivity (Wildman–Crippen MR) is 74.6 cm³/mol. The van der Waals surface area contributed by atoms with Gasteiger partial charge in [0, 0.05) is 18.5 Å². The zero-order valence-corrected chi connectivity index (χ0v) is 12.3. The van der Waals surface area contributed by atoms with E-state index >= 15 is 0 Å². The summed E-state index contributed by atoms with van der Waals surface area (Å²) in [6, 6.07) is 1.93. The number of carbonyl (C=O) groups excluding carboxylic acids is 1. The lowest BCUT2D eigenvalue weighted by Gasteiger charge is -2.30. The molecule has 21 heavy (non-hydrogen) atoms. The first-order valence-electron chi connectivity index (χ1n) is 6.53. The average molecular weight is 309 g/mol. The van der Waals surface area contributed by atoms with E-state index in [1.54, 1.807) is 11.3 Å². The Kier molecular flexibility index (Phi) is 4.28. The lowest BCUT2D eigenvalue weighted by atomic mass is 10.2. The molecule has 0 radical (unpaired) electrons. The standard InChI is InChI=1S/C13H15N3O4S/c1-18-13(17)10-6-16(3-4-19-10)7-11-14-12(20-15-11)9-2-5-21-8-9/h2,5,8,10H,3-4,6-7H2,1H3. The van der Waals surface area contributed by atoms with E-state index in [1.807, 2.05) is 21.7 Å². The van der Waals surface area contributed by atoms with Crippen molar-refractivity contribution < 1.29 is 18.8 Å². The van der Waals surface area contributed by atoms with Crippen LogP contribution < -0.4 is 0 Å². The molecule has 0 N–H and O–H groups in total. The molecule has 3 heterocycles. The number of methoxy groups -OCH3 is 1. The van der Waals surface area contributed by atoms with Gasteiger partial charge in [-0.3, -0.25) is 4.90 Å². The number of carbonyl (C=O) groups is 1. The van der Waals surface area contributed by atoms with Gasteiger partial charge in [-0.05, 0) is 11.4 Å². The summed E-state index contributed by atoms with van der Waals surface area (Å²) >= 11 is 1.58. The number of ether oxygens (including phenoxy) is 2. The molecule has 0 saturated carbocycles. The van der Waals surface area contributed by atoms with Crippen LogP contribution in [0.2, 0.25) is 0 Å². The molecule has 1 unspecified atom stereocenters. The van der Waals surface area contributed by atoms with Gasteiger partial charge in [0.15, 0.2) is 11.9 Å². The van der Waals surface area contributed by atoms with Gasteiger partial charge < -0.3 is 14.0 Å². The molecule has 7 nitrogen and oxygen atoms in total. The Morgan fingerprint density at radius 3 is 3.29 bits per heavy atom. The predicted octanol–water partition coefficient (Wildman–Crippen LogP) is 1.17. The van der Waals surface area contributed by atoms with Crippen molar-refractivity contribution in [3.63, 3.8) is 0 Å². The first kappa shape index (κ1) is 14.2. The van der Waals surface area contributed by atoms with Crippen molar-refractivity contribution in [2.24, 2.45) is 0 Å². The van der Waals surface area contributed by atoms with Gasteiger partial charge in [-0.2, -0.15) is 16.3 Å². The van der Waals surface area contributed by atoms with Crippen LogP contribution in [0.25, 0.3) is 11.5 Å². The molecule has 1 saturated heterocycles. The van der Waals surface area contributed by atoms with Gasteiger partial charge in [-0.15, -0.1) is 0 Å². The molecule has 1 aliphatic heterocycles. The third-order valence-corrected chi connectivity index (χ3v) is 3.90. The van der Waals surface area contributed by atoms with Crippen molar-refractivity contribution >= 4 is 17.3 Å². The fourth-order valence-corrected chi connectivity index (χ4v) is 2.77. The minimum absolute atomic E-state index is 0.355. The van der Waals surface area contributed by atoms with E-state index in [4.69, 9.17) is 14.0 Å². The number of hydrogen-bond donors (Lipinski definition) is 0. The topological polar surface area (TPSA) is 77.7 Å². The lowest BCUT2D eigenvalue weighted by Crippen LogP contribution is -2.46. The van der Waals surface area contributed by atoms with E-state index in [9.17, 15) is 4.79 Å². The Hall–Kier alpha value is -1.77. The molecule has 3 rings (SSSR count). The molecule has 8 heteroatoms. The van der Waals surface area contributed by atoms with Gasteiger partial charge in [0.2, 0.25) is 0 Å². The van der Waals surface area contributed by atoms with Crippen LogP contribution in [-0.2, 0) is 20.8 Å². The second-order valence-corrected chi connectivity index (χ2v) is 5.43. The van der Waals surface area contributed by atoms with E-state index in [2.05, 4.69) is 10.1 Å². The quantitative estimate of drug-likeness (QED) is 0.785. The molecule has 0 amide bonds. The Balaban J connectivity index is 1.62. The van der Waals surface area contributed by atoms with E-state index < -0.39 is 6.10 Å². The zero-order chi connectivity index (χ0) is 14.7. The zero-order valence-electron chi connectivity index (χ0n) is 11.5. The second kappa shape index (κ2) is 6.33. The molecule has 0 aromatic carbocycles. The van der Waals surface area contributed by atoms with Crippen LogP contribution >= 0.6 is 11.3 Å². The fourth-order valence-electron chi connectivity index (χ4n) is 2.14. The average Bonchev–Trinajstić information content (AvgIpc) is 3.17. The molecule has 112 valence electrons. The highest BCUT2D eigenvalue weighted by molar-refractivity contribution is 7.08. The molecule has 1 fully saturated rings. The van der Waals surface area contributed by atoms with E-state index in [0.717, 1.165) is 12.1 Å². The van der Waals surface area contributed by atoms with Crippen molar-refractivity contribution in [2.45, 2.75) is 12.6 Å². The maximum Gasteiger partial charge on any atom is 0.336 e. The molecular weight excluding hydrogens is 294 g/mol. The molecule has 2 aromatic heterocycles. The summed E-state index contributed by atoms with van der Waals surface area (Å²) in [5.41, 5.74) is 0.924. The van der Waals surface area contributed by atoms with Crippen LogP contribution in [-0.4, -0.2) is 53.9 Å². The Bertz CT molecular complexity index is 598. The van der Waals surface area contributed by atoms with Crippen molar-refractivity contribution in [1.82, 2.24) is 15.0 Å². The van der Waals surface area contributed by atoms with Gasteiger partial charge >= 0.3 is 5.97 Å². The highest BCUT2D eigenvalue weighted by atomic mass is 32.1. The maximum absolute atomic E-state index is 11.5. The van der Waals surface area contributed by atoms with Gasteiger partial charge in [-0.1, -0.05) is 5.16 Å². The minimum atomic E-state index is -0.549. The molecular formula is C13H15N3O4S. The number of thiophene rings is 1. The summed E-state index contributed by atoms with van der Waals surface area (Å²) in [5, 5.41) is 7.89. The van der Waals surface area contributed by atoms with Gasteiger partial charge in [0.25, 0.3) is 5.89 Å². The van der Waals surface area contributed by atoms with E-state index in [1.165, 1.54) is 7.11 Å². The van der Waals surface area contributed by atoms with Crippen molar-refractivity contribution in [1.29, 1.82) is 0 Å². The number of morpholine rings is 1. The molecule has 0 bridgehead atoms. The lowest BCUT2D eigenvalue weighted by molar-refractivity contribution is -0.160. The SMILES string of the molecule is COC(=O)C1CN(Cc2noc(-c3ccsc3)n2)CCO1. The Labute approximate surface area is 125 Å². The number of rotatable bonds is 4. The van der Waals surface area contributed by atoms with Crippen molar-refractivity contribution in [2.75, 3.05) is 26.8 Å². The highest BCUT2D eigenvalue weighted by Gasteiger charge is 2.28. The molecule has 0 spiro atoms. The Morgan fingerprint density at radius 1 is 1.62 bits per heavy atom. The molecule has 1 aliphatic rings. The third kappa shape index (κ3) is 3.29. The van der Waals surface area contributed by atoms with Crippen LogP contribution in [0, 0.1) is 0 Å². The summed E-state index contributed by atoms with van der Waals surface area (Å²) in [4.78, 5) is 17.9. The fraction of sp³-hybridized carbons (Fsp3) is 0.462. The number of hydrogen-bond acceptors (Lipinski definition) is 8. The molecule has 1 atom stereocenters. The van der Waals surface area contributed by atoms with E-state index in [0.29, 0.717) is 31.4 Å². The minimum Gasteiger partial charge on any atom is -0.467 e. The van der Waals surface area contributed by atoms with E-state index in [-0.39, 0.29) is 5.97 Å². The third-order valence-electron chi connectivity index (χ3n) is 3.22.